The van der Waals surface area contributed by atoms with Gasteiger partial charge in [-0.1, -0.05) is 12.1 Å². The predicted octanol–water partition coefficient (Wildman–Crippen LogP) is 0.762. The van der Waals surface area contributed by atoms with Crippen LogP contribution in [0.15, 0.2) is 34.5 Å². The van der Waals surface area contributed by atoms with Gasteiger partial charge in [0.2, 0.25) is 10.0 Å². The van der Waals surface area contributed by atoms with Crippen LogP contribution in [-0.4, -0.2) is 26.4 Å². The Bertz CT molecular complexity index is 755. The summed E-state index contributed by atoms with van der Waals surface area (Å²) in [7, 11) is -2.35. The van der Waals surface area contributed by atoms with Gasteiger partial charge in [0.1, 0.15) is 15.6 Å². The SMILES string of the molecule is CNS(=O)(=O)c1ccccc1NC(=O)c1csc(CN)n1. The second kappa shape index (κ2) is 6.31. The Hall–Kier alpha value is -1.81. The van der Waals surface area contributed by atoms with Gasteiger partial charge in [0, 0.05) is 11.9 Å². The molecule has 1 aromatic carbocycles. The fourth-order valence-electron chi connectivity index (χ4n) is 1.61. The van der Waals surface area contributed by atoms with Gasteiger partial charge < -0.3 is 11.1 Å². The number of anilines is 1. The van der Waals surface area contributed by atoms with Crippen molar-refractivity contribution in [3.05, 3.63) is 40.3 Å². The molecule has 0 spiro atoms. The molecule has 4 N–H and O–H groups in total. The minimum Gasteiger partial charge on any atom is -0.325 e. The maximum Gasteiger partial charge on any atom is 0.275 e. The van der Waals surface area contributed by atoms with Crippen LogP contribution in [0.25, 0.3) is 0 Å². The fourth-order valence-corrected chi connectivity index (χ4v) is 3.15. The molecule has 1 aromatic heterocycles. The molecular formula is C12H14N4O3S2. The van der Waals surface area contributed by atoms with Crippen LogP contribution < -0.4 is 15.8 Å². The van der Waals surface area contributed by atoms with E-state index in [9.17, 15) is 13.2 Å². The summed E-state index contributed by atoms with van der Waals surface area (Å²) in [6, 6.07) is 6.14. The predicted molar refractivity (Wildman–Crippen MR) is 80.6 cm³/mol. The average Bonchev–Trinajstić information content (AvgIpc) is 2.96. The van der Waals surface area contributed by atoms with E-state index in [1.807, 2.05) is 0 Å². The average molecular weight is 326 g/mol. The third-order valence-electron chi connectivity index (χ3n) is 2.65. The van der Waals surface area contributed by atoms with E-state index in [-0.39, 0.29) is 22.8 Å². The van der Waals surface area contributed by atoms with Crippen molar-refractivity contribution in [2.24, 2.45) is 5.73 Å². The molecule has 1 amide bonds. The summed E-state index contributed by atoms with van der Waals surface area (Å²) >= 11 is 1.28. The molecule has 0 aliphatic carbocycles. The summed E-state index contributed by atoms with van der Waals surface area (Å²) in [5.41, 5.74) is 5.84. The molecule has 9 heteroatoms. The summed E-state index contributed by atoms with van der Waals surface area (Å²) < 4.78 is 26.0. The van der Waals surface area contributed by atoms with E-state index >= 15 is 0 Å². The number of aromatic nitrogens is 1. The van der Waals surface area contributed by atoms with Gasteiger partial charge in [0.15, 0.2) is 0 Å². The van der Waals surface area contributed by atoms with Gasteiger partial charge in [0.25, 0.3) is 5.91 Å². The normalized spacial score (nSPS) is 11.3. The monoisotopic (exact) mass is 326 g/mol. The van der Waals surface area contributed by atoms with Gasteiger partial charge >= 0.3 is 0 Å². The van der Waals surface area contributed by atoms with Crippen LogP contribution in [0.2, 0.25) is 0 Å². The second-order valence-electron chi connectivity index (χ2n) is 3.99. The van der Waals surface area contributed by atoms with Gasteiger partial charge in [-0.3, -0.25) is 4.79 Å². The third kappa shape index (κ3) is 3.45. The van der Waals surface area contributed by atoms with E-state index in [0.29, 0.717) is 5.01 Å². The van der Waals surface area contributed by atoms with E-state index in [2.05, 4.69) is 15.0 Å². The van der Waals surface area contributed by atoms with Crippen molar-refractivity contribution >= 4 is 33.0 Å². The van der Waals surface area contributed by atoms with Gasteiger partial charge in [-0.05, 0) is 19.2 Å². The Morgan fingerprint density at radius 1 is 1.38 bits per heavy atom. The molecule has 2 aromatic rings. The topological polar surface area (TPSA) is 114 Å². The molecule has 0 aliphatic rings. The van der Waals surface area contributed by atoms with E-state index < -0.39 is 15.9 Å². The molecule has 1 heterocycles. The fraction of sp³-hybridized carbons (Fsp3) is 0.167. The first-order chi connectivity index (χ1) is 9.97. The Labute approximate surface area is 126 Å². The van der Waals surface area contributed by atoms with Crippen LogP contribution in [0.3, 0.4) is 0 Å². The van der Waals surface area contributed by atoms with Crippen molar-refractivity contribution in [1.82, 2.24) is 9.71 Å². The van der Waals surface area contributed by atoms with Crippen molar-refractivity contribution < 1.29 is 13.2 Å². The molecule has 0 bridgehead atoms. The van der Waals surface area contributed by atoms with Crippen molar-refractivity contribution in [2.75, 3.05) is 12.4 Å². The summed E-state index contributed by atoms with van der Waals surface area (Å²) in [5.74, 6) is -0.482. The van der Waals surface area contributed by atoms with Crippen LogP contribution in [0.1, 0.15) is 15.5 Å². The highest BCUT2D eigenvalue weighted by Gasteiger charge is 2.19. The number of nitrogens with one attached hydrogen (secondary N) is 2. The minimum absolute atomic E-state index is 0.00451. The molecule has 0 fully saturated rings. The number of benzene rings is 1. The van der Waals surface area contributed by atoms with E-state index in [4.69, 9.17) is 5.73 Å². The number of thiazole rings is 1. The molecule has 0 atom stereocenters. The van der Waals surface area contributed by atoms with Crippen molar-refractivity contribution in [3.8, 4) is 0 Å². The molecule has 21 heavy (non-hydrogen) atoms. The lowest BCUT2D eigenvalue weighted by Gasteiger charge is -2.10. The smallest absolute Gasteiger partial charge is 0.275 e. The first-order valence-electron chi connectivity index (χ1n) is 5.96. The summed E-state index contributed by atoms with van der Waals surface area (Å²) in [6.07, 6.45) is 0. The minimum atomic E-state index is -3.66. The number of para-hydroxylation sites is 1. The lowest BCUT2D eigenvalue weighted by molar-refractivity contribution is 0.102. The number of hydrogen-bond acceptors (Lipinski definition) is 6. The molecule has 0 radical (unpaired) electrons. The zero-order chi connectivity index (χ0) is 15.5. The number of amides is 1. The zero-order valence-electron chi connectivity index (χ0n) is 11.2. The number of rotatable bonds is 5. The Balaban J connectivity index is 2.30. The maximum absolute atomic E-state index is 12.1. The van der Waals surface area contributed by atoms with Gasteiger partial charge in [0.05, 0.1) is 5.69 Å². The molecule has 2 rings (SSSR count). The van der Waals surface area contributed by atoms with E-state index in [1.165, 1.54) is 30.5 Å². The largest absolute Gasteiger partial charge is 0.325 e. The van der Waals surface area contributed by atoms with Crippen LogP contribution >= 0.6 is 11.3 Å². The second-order valence-corrected chi connectivity index (χ2v) is 6.79. The van der Waals surface area contributed by atoms with Crippen molar-refractivity contribution in [3.63, 3.8) is 0 Å². The number of hydrogen-bond donors (Lipinski definition) is 3. The Morgan fingerprint density at radius 3 is 2.71 bits per heavy atom. The Morgan fingerprint density at radius 2 is 2.10 bits per heavy atom. The lowest BCUT2D eigenvalue weighted by atomic mass is 10.3. The highest BCUT2D eigenvalue weighted by Crippen LogP contribution is 2.21. The van der Waals surface area contributed by atoms with E-state index in [1.54, 1.807) is 17.5 Å². The molecule has 7 nitrogen and oxygen atoms in total. The van der Waals surface area contributed by atoms with Crippen LogP contribution in [0.4, 0.5) is 5.69 Å². The summed E-state index contributed by atoms with van der Waals surface area (Å²) in [6.45, 7) is 0.253. The molecule has 112 valence electrons. The molecule has 0 saturated heterocycles. The number of nitrogens with two attached hydrogens (primary N) is 1. The van der Waals surface area contributed by atoms with Crippen LogP contribution in [0.5, 0.6) is 0 Å². The molecular weight excluding hydrogens is 312 g/mol. The lowest BCUT2D eigenvalue weighted by Crippen LogP contribution is -2.22. The van der Waals surface area contributed by atoms with Crippen molar-refractivity contribution in [1.29, 1.82) is 0 Å². The molecule has 0 unspecified atom stereocenters. The summed E-state index contributed by atoms with van der Waals surface area (Å²) in [5, 5.41) is 4.76. The Kier molecular flexibility index (Phi) is 4.68. The maximum atomic E-state index is 12.1. The first-order valence-corrected chi connectivity index (χ1v) is 8.32. The van der Waals surface area contributed by atoms with Gasteiger partial charge in [-0.25, -0.2) is 18.1 Å². The highest BCUT2D eigenvalue weighted by molar-refractivity contribution is 7.89. The van der Waals surface area contributed by atoms with Crippen LogP contribution in [0, 0.1) is 0 Å². The number of sulfonamides is 1. The number of carbonyl (C=O) groups excluding carboxylic acids is 1. The van der Waals surface area contributed by atoms with Gasteiger partial charge in [-0.2, -0.15) is 0 Å². The quantitative estimate of drug-likeness (QED) is 0.750. The van der Waals surface area contributed by atoms with Gasteiger partial charge in [-0.15, -0.1) is 11.3 Å². The number of carbonyl (C=O) groups is 1. The standard InChI is InChI=1S/C12H14N4O3S2/c1-14-21(18,19)10-5-3-2-4-8(10)16-12(17)9-7-20-11(6-13)15-9/h2-5,7,14H,6,13H2,1H3,(H,16,17). The van der Waals surface area contributed by atoms with E-state index in [0.717, 1.165) is 0 Å². The van der Waals surface area contributed by atoms with Crippen molar-refractivity contribution in [2.45, 2.75) is 11.4 Å². The zero-order valence-corrected chi connectivity index (χ0v) is 12.8. The molecule has 0 aliphatic heterocycles. The number of nitrogens with zero attached hydrogens (tertiary/aromatic N) is 1. The first kappa shape index (κ1) is 15.6. The molecule has 0 saturated carbocycles. The third-order valence-corrected chi connectivity index (χ3v) is 5.00. The highest BCUT2D eigenvalue weighted by atomic mass is 32.2. The van der Waals surface area contributed by atoms with Crippen LogP contribution in [-0.2, 0) is 16.6 Å². The summed E-state index contributed by atoms with van der Waals surface area (Å²) in [4.78, 5) is 16.1.